The summed E-state index contributed by atoms with van der Waals surface area (Å²) in [5, 5.41) is 19.3. The topological polar surface area (TPSA) is 112 Å². The van der Waals surface area contributed by atoms with Gasteiger partial charge in [-0.2, -0.15) is 0 Å². The molecule has 2 aromatic carbocycles. The molecule has 1 aromatic heterocycles. The van der Waals surface area contributed by atoms with Crippen molar-refractivity contribution in [1.82, 2.24) is 9.88 Å². The normalized spacial score (nSPS) is 14.5. The molecular weight excluding hydrogens is 404 g/mol. The van der Waals surface area contributed by atoms with Gasteiger partial charge in [0.25, 0.3) is 16.8 Å². The molecule has 0 aliphatic heterocycles. The number of aromatic nitrogens is 1. The van der Waals surface area contributed by atoms with Gasteiger partial charge in [-0.3, -0.25) is 14.4 Å². The van der Waals surface area contributed by atoms with Gasteiger partial charge in [0.1, 0.15) is 16.4 Å². The van der Waals surface area contributed by atoms with Crippen molar-refractivity contribution >= 4 is 34.3 Å². The van der Waals surface area contributed by atoms with Gasteiger partial charge in [0.2, 0.25) is 0 Å². The second-order valence-corrected chi connectivity index (χ2v) is 8.61. The van der Waals surface area contributed by atoms with Crippen molar-refractivity contribution in [3.8, 4) is 5.75 Å². The zero-order chi connectivity index (χ0) is 21.4. The Balaban J connectivity index is 1.61. The van der Waals surface area contributed by atoms with E-state index in [-0.39, 0.29) is 40.3 Å². The zero-order valence-electron chi connectivity index (χ0n) is 16.6. The number of phenolic OH excluding ortho intramolecular Hbond substituents is 1. The lowest BCUT2D eigenvalue weighted by Gasteiger charge is -2.22. The Hall–Kier alpha value is -3.20. The van der Waals surface area contributed by atoms with Crippen LogP contribution in [0, 0.1) is 5.92 Å². The maximum Gasteiger partial charge on any atom is 0.257 e. The van der Waals surface area contributed by atoms with Gasteiger partial charge in [0.15, 0.2) is 5.75 Å². The monoisotopic (exact) mass is 426 g/mol. The maximum atomic E-state index is 12.3. The molecule has 4 rings (SSSR count). The Labute approximate surface area is 176 Å². The van der Waals surface area contributed by atoms with E-state index in [1.54, 1.807) is 32.4 Å². The third kappa shape index (κ3) is 3.80. The summed E-state index contributed by atoms with van der Waals surface area (Å²) in [5.74, 6) is -0.0514. The zero-order valence-corrected chi connectivity index (χ0v) is 17.5. The molecule has 3 aromatic rings. The van der Waals surface area contributed by atoms with Gasteiger partial charge in [0.05, 0.1) is 17.3 Å². The number of hydrogen-bond acceptors (Lipinski definition) is 8. The van der Waals surface area contributed by atoms with E-state index in [1.807, 2.05) is 5.38 Å². The first kappa shape index (κ1) is 20.1. The number of benzene rings is 1. The highest BCUT2D eigenvalue weighted by Crippen LogP contribution is 2.40. The minimum Gasteiger partial charge on any atom is -0.505 e. The smallest absolute Gasteiger partial charge is 0.257 e. The Morgan fingerprint density at radius 3 is 2.63 bits per heavy atom. The number of aromatic hydroxyl groups is 1. The summed E-state index contributed by atoms with van der Waals surface area (Å²) in [7, 11) is 3.17. The number of nitrogens with zero attached hydrogens (tertiary/aromatic N) is 2. The summed E-state index contributed by atoms with van der Waals surface area (Å²) in [6.07, 6.45) is 4.86. The van der Waals surface area contributed by atoms with Crippen LogP contribution in [0.5, 0.6) is 5.75 Å². The van der Waals surface area contributed by atoms with E-state index in [0.29, 0.717) is 5.92 Å². The predicted octanol–water partition coefficient (Wildman–Crippen LogP) is 2.84. The molecule has 1 heterocycles. The molecule has 1 unspecified atom stereocenters. The molecule has 0 saturated heterocycles. The molecule has 3 N–H and O–H groups in total. The van der Waals surface area contributed by atoms with E-state index in [9.17, 15) is 19.5 Å². The lowest BCUT2D eigenvalue weighted by atomic mass is 10.1. The molecule has 30 heavy (non-hydrogen) atoms. The molecule has 1 saturated carbocycles. The fourth-order valence-electron chi connectivity index (χ4n) is 3.33. The van der Waals surface area contributed by atoms with Crippen LogP contribution in [0.4, 0.5) is 17.1 Å². The van der Waals surface area contributed by atoms with Crippen molar-refractivity contribution in [2.75, 3.05) is 24.7 Å². The predicted molar refractivity (Wildman–Crippen MR) is 117 cm³/mol. The summed E-state index contributed by atoms with van der Waals surface area (Å²) >= 11 is 1.50. The number of carbonyl (C=O) groups is 1. The van der Waals surface area contributed by atoms with E-state index in [4.69, 9.17) is 0 Å². The van der Waals surface area contributed by atoms with Crippen LogP contribution in [0.25, 0.3) is 0 Å². The van der Waals surface area contributed by atoms with Crippen LogP contribution in [-0.2, 0) is 0 Å². The Bertz CT molecular complexity index is 1140. The van der Waals surface area contributed by atoms with Gasteiger partial charge in [0, 0.05) is 25.7 Å². The lowest BCUT2D eigenvalue weighted by molar-refractivity contribution is 0.0824. The van der Waals surface area contributed by atoms with Crippen LogP contribution >= 0.6 is 11.3 Å². The number of rotatable bonds is 8. The van der Waals surface area contributed by atoms with E-state index in [0.717, 1.165) is 24.3 Å². The number of carbonyl (C=O) groups excluding carboxylic acids is 1. The van der Waals surface area contributed by atoms with Gasteiger partial charge in [-0.25, -0.2) is 4.98 Å². The fraction of sp³-hybridized carbons (Fsp3) is 0.333. The minimum absolute atomic E-state index is 0.0853. The van der Waals surface area contributed by atoms with Gasteiger partial charge in [-0.15, -0.1) is 11.3 Å². The van der Waals surface area contributed by atoms with Crippen LogP contribution in [-0.4, -0.2) is 35.0 Å². The highest BCUT2D eigenvalue weighted by molar-refractivity contribution is 7.09. The SMILES string of the molecule is CN(C)C(=O)c1cccc(Nc2c(NC(CC3CC3)c3nccs3)c(=O)c2=O)c1O. The van der Waals surface area contributed by atoms with Gasteiger partial charge in [-0.1, -0.05) is 18.9 Å². The third-order valence-corrected chi connectivity index (χ3v) is 6.07. The molecule has 1 atom stereocenters. The first-order valence-electron chi connectivity index (χ1n) is 9.66. The average Bonchev–Trinajstić information content (AvgIpc) is 3.39. The van der Waals surface area contributed by atoms with Crippen molar-refractivity contribution in [2.45, 2.75) is 25.3 Å². The summed E-state index contributed by atoms with van der Waals surface area (Å²) in [5.41, 5.74) is -0.703. The molecule has 1 amide bonds. The largest absolute Gasteiger partial charge is 0.505 e. The first-order valence-corrected chi connectivity index (χ1v) is 10.5. The molecule has 9 heteroatoms. The summed E-state index contributed by atoms with van der Waals surface area (Å²) in [4.78, 5) is 42.5. The Kier molecular flexibility index (Phi) is 5.29. The first-order chi connectivity index (χ1) is 14.4. The van der Waals surface area contributed by atoms with E-state index >= 15 is 0 Å². The molecule has 0 spiro atoms. The maximum absolute atomic E-state index is 12.3. The van der Waals surface area contributed by atoms with Crippen LogP contribution in [0.15, 0.2) is 39.4 Å². The van der Waals surface area contributed by atoms with E-state index in [1.165, 1.54) is 22.3 Å². The number of phenols is 1. The van der Waals surface area contributed by atoms with Crippen LogP contribution in [0.1, 0.15) is 40.7 Å². The molecule has 1 aliphatic carbocycles. The molecule has 1 fully saturated rings. The van der Waals surface area contributed by atoms with Crippen LogP contribution < -0.4 is 21.5 Å². The van der Waals surface area contributed by atoms with Crippen LogP contribution in [0.2, 0.25) is 0 Å². The quantitative estimate of drug-likeness (QED) is 0.375. The van der Waals surface area contributed by atoms with E-state index < -0.39 is 10.9 Å². The number of thiazole rings is 1. The van der Waals surface area contributed by atoms with E-state index in [2.05, 4.69) is 15.6 Å². The highest BCUT2D eigenvalue weighted by atomic mass is 32.1. The molecule has 1 aliphatic rings. The number of nitrogens with one attached hydrogen (secondary N) is 2. The van der Waals surface area contributed by atoms with Crippen LogP contribution in [0.3, 0.4) is 0 Å². The van der Waals surface area contributed by atoms with Crippen molar-refractivity contribution in [3.05, 3.63) is 60.8 Å². The van der Waals surface area contributed by atoms with Gasteiger partial charge < -0.3 is 20.6 Å². The molecule has 0 radical (unpaired) electrons. The van der Waals surface area contributed by atoms with Gasteiger partial charge in [-0.05, 0) is 24.5 Å². The van der Waals surface area contributed by atoms with Crippen molar-refractivity contribution in [3.63, 3.8) is 0 Å². The fourth-order valence-corrected chi connectivity index (χ4v) is 4.03. The minimum atomic E-state index is -0.662. The highest BCUT2D eigenvalue weighted by Gasteiger charge is 2.31. The third-order valence-electron chi connectivity index (χ3n) is 5.18. The Morgan fingerprint density at radius 2 is 2.00 bits per heavy atom. The molecule has 0 bridgehead atoms. The number of anilines is 3. The Morgan fingerprint density at radius 1 is 1.27 bits per heavy atom. The second-order valence-electron chi connectivity index (χ2n) is 7.68. The lowest BCUT2D eigenvalue weighted by Crippen LogP contribution is -2.37. The van der Waals surface area contributed by atoms with Crippen molar-refractivity contribution < 1.29 is 9.90 Å². The summed E-state index contributed by atoms with van der Waals surface area (Å²) in [6.45, 7) is 0. The standard InChI is InChI=1S/C21H22N4O4S/c1-25(2)21(29)12-4-3-5-13(17(12)26)23-15-16(19(28)18(15)27)24-14(10-11-6-7-11)20-22-8-9-30-20/h3-5,8-9,11,14,23-24,26H,6-7,10H2,1-2H3. The number of para-hydroxylation sites is 1. The van der Waals surface area contributed by atoms with Gasteiger partial charge >= 0.3 is 0 Å². The average molecular weight is 426 g/mol. The van der Waals surface area contributed by atoms with Crippen molar-refractivity contribution in [2.24, 2.45) is 5.92 Å². The summed E-state index contributed by atoms with van der Waals surface area (Å²) in [6, 6.07) is 4.49. The van der Waals surface area contributed by atoms with Crippen molar-refractivity contribution in [1.29, 1.82) is 0 Å². The molecule has 8 nitrogen and oxygen atoms in total. The second kappa shape index (κ2) is 7.91. The number of amides is 1. The molecular formula is C21H22N4O4S. The molecule has 156 valence electrons. The summed E-state index contributed by atoms with van der Waals surface area (Å²) < 4.78 is 0. The number of hydrogen-bond donors (Lipinski definition) is 3.